The third kappa shape index (κ3) is 5.76. The minimum Gasteiger partial charge on any atom is -0.325 e. The summed E-state index contributed by atoms with van der Waals surface area (Å²) in [4.78, 5) is 13.0. The summed E-state index contributed by atoms with van der Waals surface area (Å²) in [6.45, 7) is 2.01. The molecular formula is C23H24N2O3S. The van der Waals surface area contributed by atoms with Gasteiger partial charge >= 0.3 is 0 Å². The fourth-order valence-corrected chi connectivity index (χ4v) is 4.14. The molecule has 0 spiro atoms. The molecule has 150 valence electrons. The van der Waals surface area contributed by atoms with Crippen LogP contribution in [0, 0.1) is 0 Å². The quantitative estimate of drug-likeness (QED) is 0.596. The summed E-state index contributed by atoms with van der Waals surface area (Å²) in [7, 11) is -3.85. The zero-order valence-corrected chi connectivity index (χ0v) is 17.0. The van der Waals surface area contributed by atoms with E-state index in [-0.39, 0.29) is 11.3 Å². The Labute approximate surface area is 171 Å². The fraction of sp³-hybridized carbons (Fsp3) is 0.174. The first-order valence-corrected chi connectivity index (χ1v) is 11.0. The van der Waals surface area contributed by atoms with Crippen LogP contribution in [0.3, 0.4) is 0 Å². The Kier molecular flexibility index (Phi) is 6.80. The molecule has 0 aromatic heterocycles. The van der Waals surface area contributed by atoms with Crippen LogP contribution < -0.4 is 10.0 Å². The van der Waals surface area contributed by atoms with Gasteiger partial charge < -0.3 is 5.32 Å². The predicted octanol–water partition coefficient (Wildman–Crippen LogP) is 3.78. The summed E-state index contributed by atoms with van der Waals surface area (Å²) in [5.41, 5.74) is 2.53. The van der Waals surface area contributed by atoms with Crippen molar-refractivity contribution in [1.29, 1.82) is 0 Å². The lowest BCUT2D eigenvalue weighted by molar-refractivity contribution is -0.117. The van der Waals surface area contributed by atoms with Crippen LogP contribution in [0.2, 0.25) is 0 Å². The maximum atomic E-state index is 12.9. The summed E-state index contributed by atoms with van der Waals surface area (Å²) >= 11 is 0. The highest BCUT2D eigenvalue weighted by Gasteiger charge is 2.26. The number of nitrogens with one attached hydrogen (secondary N) is 2. The molecule has 3 aromatic rings. The maximum Gasteiger partial charge on any atom is 0.242 e. The summed E-state index contributed by atoms with van der Waals surface area (Å²) in [5, 5.41) is 2.79. The molecule has 1 unspecified atom stereocenters. The molecule has 0 heterocycles. The minimum absolute atomic E-state index is 0.139. The van der Waals surface area contributed by atoms with E-state index in [0.717, 1.165) is 17.5 Å². The Balaban J connectivity index is 1.84. The number of hydrogen-bond donors (Lipinski definition) is 2. The van der Waals surface area contributed by atoms with Crippen LogP contribution in [0.15, 0.2) is 89.8 Å². The van der Waals surface area contributed by atoms with Gasteiger partial charge in [-0.05, 0) is 48.2 Å². The lowest BCUT2D eigenvalue weighted by atomic mass is 10.1. The minimum atomic E-state index is -3.85. The van der Waals surface area contributed by atoms with Crippen LogP contribution in [0.5, 0.6) is 0 Å². The highest BCUT2D eigenvalue weighted by atomic mass is 32.2. The van der Waals surface area contributed by atoms with Crippen molar-refractivity contribution in [1.82, 2.24) is 4.72 Å². The largest absolute Gasteiger partial charge is 0.325 e. The van der Waals surface area contributed by atoms with E-state index in [1.54, 1.807) is 48.5 Å². The van der Waals surface area contributed by atoms with E-state index in [1.807, 2.05) is 43.3 Å². The third-order valence-corrected chi connectivity index (χ3v) is 6.07. The average Bonchev–Trinajstić information content (AvgIpc) is 2.74. The Hall–Kier alpha value is -2.96. The van der Waals surface area contributed by atoms with Gasteiger partial charge in [-0.2, -0.15) is 4.72 Å². The van der Waals surface area contributed by atoms with Crippen molar-refractivity contribution in [2.75, 3.05) is 5.32 Å². The first-order chi connectivity index (χ1) is 14.0. The molecule has 0 radical (unpaired) electrons. The van der Waals surface area contributed by atoms with E-state index in [1.165, 1.54) is 0 Å². The first-order valence-electron chi connectivity index (χ1n) is 9.49. The topological polar surface area (TPSA) is 75.3 Å². The number of para-hydroxylation sites is 1. The second-order valence-electron chi connectivity index (χ2n) is 6.72. The third-order valence-electron chi connectivity index (χ3n) is 4.58. The van der Waals surface area contributed by atoms with Crippen molar-refractivity contribution < 1.29 is 13.2 Å². The summed E-state index contributed by atoms with van der Waals surface area (Å²) in [6, 6.07) is 24.1. The highest BCUT2D eigenvalue weighted by molar-refractivity contribution is 7.89. The van der Waals surface area contributed by atoms with E-state index in [9.17, 15) is 13.2 Å². The zero-order chi connectivity index (χ0) is 20.7. The molecule has 0 aliphatic carbocycles. The molecule has 3 rings (SSSR count). The molecule has 0 aliphatic rings. The molecule has 5 nitrogen and oxygen atoms in total. The number of rotatable bonds is 8. The molecule has 2 N–H and O–H groups in total. The van der Waals surface area contributed by atoms with Gasteiger partial charge in [-0.15, -0.1) is 0 Å². The zero-order valence-electron chi connectivity index (χ0n) is 16.2. The monoisotopic (exact) mass is 408 g/mol. The van der Waals surface area contributed by atoms with Gasteiger partial charge in [0.1, 0.15) is 6.04 Å². The SMILES string of the molecule is CCc1ccc(S(=O)(=O)NC(Cc2ccccc2)C(=O)Nc2ccccc2)cc1. The summed E-state index contributed by atoms with van der Waals surface area (Å²) < 4.78 is 28.4. The fourth-order valence-electron chi connectivity index (χ4n) is 2.95. The van der Waals surface area contributed by atoms with Gasteiger partial charge in [-0.25, -0.2) is 8.42 Å². The van der Waals surface area contributed by atoms with Crippen LogP contribution in [0.25, 0.3) is 0 Å². The Morgan fingerprint density at radius 1 is 0.828 bits per heavy atom. The maximum absolute atomic E-state index is 12.9. The van der Waals surface area contributed by atoms with Crippen LogP contribution in [0.4, 0.5) is 5.69 Å². The number of carbonyl (C=O) groups excluding carboxylic acids is 1. The van der Waals surface area contributed by atoms with Crippen molar-refractivity contribution in [3.63, 3.8) is 0 Å². The number of sulfonamides is 1. The number of aryl methyl sites for hydroxylation is 1. The second kappa shape index (κ2) is 9.49. The summed E-state index contributed by atoms with van der Waals surface area (Å²) in [6.07, 6.45) is 1.07. The van der Waals surface area contributed by atoms with Crippen molar-refractivity contribution in [2.45, 2.75) is 30.7 Å². The molecule has 3 aromatic carbocycles. The first kappa shape index (κ1) is 20.8. The van der Waals surface area contributed by atoms with Crippen molar-refractivity contribution in [2.24, 2.45) is 0 Å². The molecule has 0 bridgehead atoms. The van der Waals surface area contributed by atoms with Gasteiger partial charge in [0.05, 0.1) is 4.90 Å². The van der Waals surface area contributed by atoms with Crippen LogP contribution in [-0.2, 0) is 27.7 Å². The van der Waals surface area contributed by atoms with E-state index in [4.69, 9.17) is 0 Å². The molecule has 6 heteroatoms. The van der Waals surface area contributed by atoms with Gasteiger partial charge in [-0.1, -0.05) is 67.6 Å². The van der Waals surface area contributed by atoms with Gasteiger partial charge in [0, 0.05) is 5.69 Å². The van der Waals surface area contributed by atoms with E-state index < -0.39 is 22.0 Å². The van der Waals surface area contributed by atoms with Crippen LogP contribution in [-0.4, -0.2) is 20.4 Å². The van der Waals surface area contributed by atoms with Crippen LogP contribution in [0.1, 0.15) is 18.1 Å². The van der Waals surface area contributed by atoms with Crippen molar-refractivity contribution in [3.05, 3.63) is 96.1 Å². The Bertz CT molecular complexity index is 1030. The number of carbonyl (C=O) groups is 1. The summed E-state index contributed by atoms with van der Waals surface area (Å²) in [5.74, 6) is -0.409. The number of hydrogen-bond acceptors (Lipinski definition) is 3. The molecule has 1 amide bonds. The highest BCUT2D eigenvalue weighted by Crippen LogP contribution is 2.14. The van der Waals surface area contributed by atoms with Gasteiger partial charge in [0.15, 0.2) is 0 Å². The molecule has 0 saturated carbocycles. The van der Waals surface area contributed by atoms with Gasteiger partial charge in [-0.3, -0.25) is 4.79 Å². The molecule has 1 atom stereocenters. The number of amides is 1. The number of anilines is 1. The molecule has 0 fully saturated rings. The molecule has 0 aliphatic heterocycles. The lowest BCUT2D eigenvalue weighted by Crippen LogP contribution is -2.45. The number of benzene rings is 3. The van der Waals surface area contributed by atoms with E-state index in [0.29, 0.717) is 5.69 Å². The van der Waals surface area contributed by atoms with Crippen molar-refractivity contribution in [3.8, 4) is 0 Å². The van der Waals surface area contributed by atoms with Crippen molar-refractivity contribution >= 4 is 21.6 Å². The van der Waals surface area contributed by atoms with E-state index >= 15 is 0 Å². The smallest absolute Gasteiger partial charge is 0.242 e. The molecule has 0 saturated heterocycles. The second-order valence-corrected chi connectivity index (χ2v) is 8.43. The van der Waals surface area contributed by atoms with E-state index in [2.05, 4.69) is 10.0 Å². The lowest BCUT2D eigenvalue weighted by Gasteiger charge is -2.19. The van der Waals surface area contributed by atoms with Gasteiger partial charge in [0.25, 0.3) is 0 Å². The molecule has 29 heavy (non-hydrogen) atoms. The van der Waals surface area contributed by atoms with Gasteiger partial charge in [0.2, 0.25) is 15.9 Å². The average molecular weight is 409 g/mol. The molecular weight excluding hydrogens is 384 g/mol. The van der Waals surface area contributed by atoms with Crippen LogP contribution >= 0.6 is 0 Å². The predicted molar refractivity (Wildman–Crippen MR) is 115 cm³/mol. The standard InChI is InChI=1S/C23H24N2O3S/c1-2-18-13-15-21(16-14-18)29(27,28)25-22(17-19-9-5-3-6-10-19)23(26)24-20-11-7-4-8-12-20/h3-16,22,25H,2,17H2,1H3,(H,24,26). The normalized spacial score (nSPS) is 12.3. The Morgan fingerprint density at radius 3 is 2.00 bits per heavy atom. The Morgan fingerprint density at radius 2 is 1.41 bits per heavy atom.